The smallest absolute Gasteiger partial charge is 0.119 e. The first kappa shape index (κ1) is 15.1. The number of benzene rings is 1. The van der Waals surface area contributed by atoms with Crippen LogP contribution in [0.25, 0.3) is 0 Å². The molecule has 2 rings (SSSR count). The summed E-state index contributed by atoms with van der Waals surface area (Å²) in [7, 11) is 0. The van der Waals surface area contributed by atoms with Crippen LogP contribution in [0, 0.1) is 0 Å². The Morgan fingerprint density at radius 1 is 1.11 bits per heavy atom. The molecule has 1 aromatic carbocycles. The van der Waals surface area contributed by atoms with E-state index in [0.29, 0.717) is 6.04 Å². The average Bonchev–Trinajstić information content (AvgIpc) is 2.38. The summed E-state index contributed by atoms with van der Waals surface area (Å²) in [5.74, 6) is 0.893. The topological polar surface area (TPSA) is 47.3 Å². The van der Waals surface area contributed by atoms with Gasteiger partial charge in [0.05, 0.1) is 0 Å². The molecule has 1 aromatic rings. The van der Waals surface area contributed by atoms with Gasteiger partial charge in [0.1, 0.15) is 12.4 Å². The van der Waals surface area contributed by atoms with Gasteiger partial charge in [-0.15, -0.1) is 12.4 Å². The highest BCUT2D eigenvalue weighted by atomic mass is 35.5. The Bertz CT molecular complexity index is 323. The molecular formula is C14H23ClN2O. The lowest BCUT2D eigenvalue weighted by atomic mass is 9.96. The third-order valence-electron chi connectivity index (χ3n) is 3.29. The van der Waals surface area contributed by atoms with Gasteiger partial charge in [-0.05, 0) is 37.1 Å². The van der Waals surface area contributed by atoms with E-state index in [0.717, 1.165) is 24.6 Å². The standard InChI is InChI=1S/C14H22N2O.ClH/c15-12-6-8-14(9-7-12)17-11-10-16-13-4-2-1-3-5-13;/h6-9,13,16H,1-5,10-11,15H2;1H. The number of hydrogen-bond donors (Lipinski definition) is 2. The zero-order valence-electron chi connectivity index (χ0n) is 10.7. The van der Waals surface area contributed by atoms with Crippen LogP contribution < -0.4 is 15.8 Å². The van der Waals surface area contributed by atoms with Crippen molar-refractivity contribution in [2.75, 3.05) is 18.9 Å². The molecule has 1 aliphatic rings. The molecule has 1 aliphatic carbocycles. The second kappa shape index (κ2) is 8.22. The minimum absolute atomic E-state index is 0. The monoisotopic (exact) mass is 270 g/mol. The largest absolute Gasteiger partial charge is 0.492 e. The number of rotatable bonds is 5. The van der Waals surface area contributed by atoms with E-state index in [9.17, 15) is 0 Å². The Hall–Kier alpha value is -0.930. The van der Waals surface area contributed by atoms with E-state index in [1.807, 2.05) is 24.3 Å². The van der Waals surface area contributed by atoms with Gasteiger partial charge in [-0.2, -0.15) is 0 Å². The molecule has 0 bridgehead atoms. The zero-order chi connectivity index (χ0) is 11.9. The van der Waals surface area contributed by atoms with Gasteiger partial charge in [0.25, 0.3) is 0 Å². The van der Waals surface area contributed by atoms with Crippen LogP contribution >= 0.6 is 12.4 Å². The zero-order valence-corrected chi connectivity index (χ0v) is 11.5. The SMILES string of the molecule is Cl.Nc1ccc(OCCNC2CCCCC2)cc1. The number of nitrogen functional groups attached to an aromatic ring is 1. The fraction of sp³-hybridized carbons (Fsp3) is 0.571. The third-order valence-corrected chi connectivity index (χ3v) is 3.29. The molecule has 0 amide bonds. The molecule has 0 saturated heterocycles. The quantitative estimate of drug-likeness (QED) is 0.639. The highest BCUT2D eigenvalue weighted by Crippen LogP contribution is 2.17. The molecule has 4 heteroatoms. The predicted octanol–water partition coefficient (Wildman–Crippen LogP) is 2.99. The molecule has 0 aromatic heterocycles. The van der Waals surface area contributed by atoms with E-state index in [1.54, 1.807) is 0 Å². The lowest BCUT2D eigenvalue weighted by Gasteiger charge is -2.22. The Morgan fingerprint density at radius 3 is 2.44 bits per heavy atom. The van der Waals surface area contributed by atoms with Crippen molar-refractivity contribution in [2.45, 2.75) is 38.1 Å². The molecule has 0 aliphatic heterocycles. The van der Waals surface area contributed by atoms with Crippen molar-refractivity contribution in [2.24, 2.45) is 0 Å². The van der Waals surface area contributed by atoms with Crippen LogP contribution in [0.2, 0.25) is 0 Å². The summed E-state index contributed by atoms with van der Waals surface area (Å²) in [5, 5.41) is 3.55. The van der Waals surface area contributed by atoms with Crippen molar-refractivity contribution >= 4 is 18.1 Å². The fourth-order valence-electron chi connectivity index (χ4n) is 2.30. The predicted molar refractivity (Wildman–Crippen MR) is 78.5 cm³/mol. The van der Waals surface area contributed by atoms with Crippen LogP contribution in [-0.2, 0) is 0 Å². The first-order chi connectivity index (χ1) is 8.34. The van der Waals surface area contributed by atoms with Crippen molar-refractivity contribution in [1.82, 2.24) is 5.32 Å². The summed E-state index contributed by atoms with van der Waals surface area (Å²) in [4.78, 5) is 0. The summed E-state index contributed by atoms with van der Waals surface area (Å²) >= 11 is 0. The highest BCUT2D eigenvalue weighted by molar-refractivity contribution is 5.85. The number of ether oxygens (including phenoxy) is 1. The minimum atomic E-state index is 0. The Kier molecular flexibility index (Phi) is 6.91. The van der Waals surface area contributed by atoms with E-state index in [2.05, 4.69) is 5.32 Å². The van der Waals surface area contributed by atoms with Gasteiger partial charge < -0.3 is 15.8 Å². The summed E-state index contributed by atoms with van der Waals surface area (Å²) < 4.78 is 5.63. The molecule has 0 spiro atoms. The van der Waals surface area contributed by atoms with Gasteiger partial charge in [-0.25, -0.2) is 0 Å². The molecule has 1 fully saturated rings. The van der Waals surface area contributed by atoms with Gasteiger partial charge in [-0.1, -0.05) is 19.3 Å². The summed E-state index contributed by atoms with van der Waals surface area (Å²) in [5.41, 5.74) is 6.39. The molecule has 0 radical (unpaired) electrons. The molecule has 0 unspecified atom stereocenters. The first-order valence-corrected chi connectivity index (χ1v) is 6.56. The van der Waals surface area contributed by atoms with Crippen LogP contribution in [-0.4, -0.2) is 19.2 Å². The lowest BCUT2D eigenvalue weighted by Crippen LogP contribution is -2.34. The maximum Gasteiger partial charge on any atom is 0.119 e. The molecule has 3 N–H and O–H groups in total. The first-order valence-electron chi connectivity index (χ1n) is 6.56. The summed E-state index contributed by atoms with van der Waals surface area (Å²) in [6.07, 6.45) is 6.79. The highest BCUT2D eigenvalue weighted by Gasteiger charge is 2.11. The van der Waals surface area contributed by atoms with Crippen molar-refractivity contribution in [3.05, 3.63) is 24.3 Å². The third kappa shape index (κ3) is 5.15. The normalized spacial score (nSPS) is 16.0. The van der Waals surface area contributed by atoms with E-state index in [4.69, 9.17) is 10.5 Å². The van der Waals surface area contributed by atoms with Crippen LogP contribution in [0.3, 0.4) is 0 Å². The van der Waals surface area contributed by atoms with Crippen molar-refractivity contribution in [3.8, 4) is 5.75 Å². The van der Waals surface area contributed by atoms with E-state index in [-0.39, 0.29) is 12.4 Å². The second-order valence-corrected chi connectivity index (χ2v) is 4.71. The van der Waals surface area contributed by atoms with Gasteiger partial charge in [0, 0.05) is 18.3 Å². The van der Waals surface area contributed by atoms with Gasteiger partial charge in [0.2, 0.25) is 0 Å². The van der Waals surface area contributed by atoms with Gasteiger partial charge in [-0.3, -0.25) is 0 Å². The molecular weight excluding hydrogens is 248 g/mol. The number of nitrogens with one attached hydrogen (secondary N) is 1. The Labute approximate surface area is 116 Å². The van der Waals surface area contributed by atoms with Crippen molar-refractivity contribution in [1.29, 1.82) is 0 Å². The average molecular weight is 271 g/mol. The molecule has 102 valence electrons. The molecule has 1 saturated carbocycles. The number of anilines is 1. The van der Waals surface area contributed by atoms with Crippen LogP contribution in [0.1, 0.15) is 32.1 Å². The molecule has 18 heavy (non-hydrogen) atoms. The lowest BCUT2D eigenvalue weighted by molar-refractivity contribution is 0.289. The molecule has 0 atom stereocenters. The van der Waals surface area contributed by atoms with Crippen LogP contribution in [0.4, 0.5) is 5.69 Å². The number of halogens is 1. The second-order valence-electron chi connectivity index (χ2n) is 4.71. The minimum Gasteiger partial charge on any atom is -0.492 e. The summed E-state index contributed by atoms with van der Waals surface area (Å²) in [6, 6.07) is 8.26. The van der Waals surface area contributed by atoms with E-state index in [1.165, 1.54) is 32.1 Å². The molecule has 0 heterocycles. The maximum absolute atomic E-state index is 5.63. The Balaban J connectivity index is 0.00000162. The van der Waals surface area contributed by atoms with Crippen molar-refractivity contribution < 1.29 is 4.74 Å². The van der Waals surface area contributed by atoms with Gasteiger partial charge >= 0.3 is 0 Å². The Morgan fingerprint density at radius 2 is 1.78 bits per heavy atom. The fourth-order valence-corrected chi connectivity index (χ4v) is 2.30. The maximum atomic E-state index is 5.63. The van der Waals surface area contributed by atoms with Crippen LogP contribution in [0.15, 0.2) is 24.3 Å². The summed E-state index contributed by atoms with van der Waals surface area (Å²) in [6.45, 7) is 1.65. The van der Waals surface area contributed by atoms with Gasteiger partial charge in [0.15, 0.2) is 0 Å². The van der Waals surface area contributed by atoms with E-state index >= 15 is 0 Å². The van der Waals surface area contributed by atoms with Crippen molar-refractivity contribution in [3.63, 3.8) is 0 Å². The molecule has 3 nitrogen and oxygen atoms in total. The van der Waals surface area contributed by atoms with E-state index < -0.39 is 0 Å². The number of nitrogens with two attached hydrogens (primary N) is 1. The van der Waals surface area contributed by atoms with Crippen LogP contribution in [0.5, 0.6) is 5.75 Å². The number of hydrogen-bond acceptors (Lipinski definition) is 3.